The van der Waals surface area contributed by atoms with E-state index < -0.39 is 13.0 Å². The standard InChI is InChI=1S/C8H7BrF2O2/c9-5-2-1-3-6(12)8(5)13-4-7(10)11/h1-3,7,12H,4H2. The SMILES string of the molecule is Oc1cccc(Br)c1OCC(F)F. The van der Waals surface area contributed by atoms with Crippen molar-refractivity contribution in [3.63, 3.8) is 0 Å². The highest BCUT2D eigenvalue weighted by Crippen LogP contribution is 2.33. The molecule has 2 nitrogen and oxygen atoms in total. The predicted molar refractivity (Wildman–Crippen MR) is 47.3 cm³/mol. The summed E-state index contributed by atoms with van der Waals surface area (Å²) in [6, 6.07) is 4.54. The number of hydrogen-bond acceptors (Lipinski definition) is 2. The Morgan fingerprint density at radius 2 is 2.15 bits per heavy atom. The summed E-state index contributed by atoms with van der Waals surface area (Å²) >= 11 is 3.07. The van der Waals surface area contributed by atoms with E-state index in [1.165, 1.54) is 6.07 Å². The molecule has 0 amide bonds. The number of ether oxygens (including phenoxy) is 1. The van der Waals surface area contributed by atoms with E-state index in [1.807, 2.05) is 0 Å². The van der Waals surface area contributed by atoms with Gasteiger partial charge in [-0.15, -0.1) is 0 Å². The van der Waals surface area contributed by atoms with Gasteiger partial charge in [0.05, 0.1) is 4.47 Å². The number of hydrogen-bond donors (Lipinski definition) is 1. The van der Waals surface area contributed by atoms with Crippen LogP contribution in [0.5, 0.6) is 11.5 Å². The summed E-state index contributed by atoms with van der Waals surface area (Å²) in [6.45, 7) is -0.726. The van der Waals surface area contributed by atoms with Crippen molar-refractivity contribution in [2.45, 2.75) is 6.43 Å². The predicted octanol–water partition coefficient (Wildman–Crippen LogP) is 2.80. The fraction of sp³-hybridized carbons (Fsp3) is 0.250. The number of benzene rings is 1. The van der Waals surface area contributed by atoms with Gasteiger partial charge in [-0.1, -0.05) is 6.07 Å². The van der Waals surface area contributed by atoms with Gasteiger partial charge in [0.25, 0.3) is 6.43 Å². The monoisotopic (exact) mass is 252 g/mol. The van der Waals surface area contributed by atoms with E-state index in [2.05, 4.69) is 20.7 Å². The summed E-state index contributed by atoms with van der Waals surface area (Å²) in [5.74, 6) is -0.113. The first-order valence-electron chi connectivity index (χ1n) is 3.49. The second-order valence-electron chi connectivity index (χ2n) is 2.29. The molecule has 0 unspecified atom stereocenters. The van der Waals surface area contributed by atoms with E-state index in [-0.39, 0.29) is 11.5 Å². The van der Waals surface area contributed by atoms with Crippen LogP contribution in [0.25, 0.3) is 0 Å². The van der Waals surface area contributed by atoms with Crippen LogP contribution in [0.2, 0.25) is 0 Å². The Balaban J connectivity index is 2.75. The molecule has 72 valence electrons. The molecule has 0 spiro atoms. The van der Waals surface area contributed by atoms with Crippen LogP contribution in [-0.4, -0.2) is 18.1 Å². The molecule has 13 heavy (non-hydrogen) atoms. The van der Waals surface area contributed by atoms with Crippen LogP contribution in [-0.2, 0) is 0 Å². The Kier molecular flexibility index (Phi) is 3.48. The molecule has 1 aromatic carbocycles. The van der Waals surface area contributed by atoms with Crippen molar-refractivity contribution in [3.8, 4) is 11.5 Å². The lowest BCUT2D eigenvalue weighted by Gasteiger charge is -2.08. The lowest BCUT2D eigenvalue weighted by Crippen LogP contribution is -2.07. The lowest BCUT2D eigenvalue weighted by molar-refractivity contribution is 0.0801. The molecule has 0 atom stereocenters. The van der Waals surface area contributed by atoms with Crippen molar-refractivity contribution in [3.05, 3.63) is 22.7 Å². The zero-order valence-electron chi connectivity index (χ0n) is 6.51. The molecule has 0 heterocycles. The van der Waals surface area contributed by atoms with Gasteiger partial charge in [0.2, 0.25) is 0 Å². The van der Waals surface area contributed by atoms with Crippen LogP contribution in [0.15, 0.2) is 22.7 Å². The summed E-state index contributed by atoms with van der Waals surface area (Å²) < 4.78 is 28.7. The number of phenols is 1. The maximum atomic E-state index is 11.8. The van der Waals surface area contributed by atoms with Gasteiger partial charge >= 0.3 is 0 Å². The average molecular weight is 253 g/mol. The van der Waals surface area contributed by atoms with E-state index in [0.29, 0.717) is 4.47 Å². The highest BCUT2D eigenvalue weighted by atomic mass is 79.9. The van der Waals surface area contributed by atoms with Crippen molar-refractivity contribution >= 4 is 15.9 Å². The zero-order chi connectivity index (χ0) is 9.84. The van der Waals surface area contributed by atoms with E-state index in [0.717, 1.165) is 0 Å². The van der Waals surface area contributed by atoms with Crippen molar-refractivity contribution < 1.29 is 18.6 Å². The first kappa shape index (κ1) is 10.2. The highest BCUT2D eigenvalue weighted by molar-refractivity contribution is 9.10. The number of aromatic hydroxyl groups is 1. The van der Waals surface area contributed by atoms with Crippen LogP contribution in [0, 0.1) is 0 Å². The van der Waals surface area contributed by atoms with Gasteiger partial charge in [-0.3, -0.25) is 0 Å². The van der Waals surface area contributed by atoms with Crippen LogP contribution in [0.4, 0.5) is 8.78 Å². The van der Waals surface area contributed by atoms with Crippen LogP contribution in [0.3, 0.4) is 0 Å². The Morgan fingerprint density at radius 3 is 2.69 bits per heavy atom. The number of rotatable bonds is 3. The normalized spacial score (nSPS) is 10.5. The van der Waals surface area contributed by atoms with Crippen molar-refractivity contribution in [2.24, 2.45) is 0 Å². The minimum Gasteiger partial charge on any atom is -0.504 e. The fourth-order valence-corrected chi connectivity index (χ4v) is 1.26. The molecule has 0 saturated carbocycles. The first-order chi connectivity index (χ1) is 6.11. The molecular weight excluding hydrogens is 246 g/mol. The van der Waals surface area contributed by atoms with Crippen molar-refractivity contribution in [2.75, 3.05) is 6.61 Å². The van der Waals surface area contributed by atoms with Gasteiger partial charge in [-0.25, -0.2) is 8.78 Å². The second kappa shape index (κ2) is 4.41. The summed E-state index contributed by atoms with van der Waals surface area (Å²) in [6.07, 6.45) is -2.55. The third kappa shape index (κ3) is 2.84. The maximum Gasteiger partial charge on any atom is 0.272 e. The van der Waals surface area contributed by atoms with Gasteiger partial charge < -0.3 is 9.84 Å². The quantitative estimate of drug-likeness (QED) is 0.897. The van der Waals surface area contributed by atoms with Crippen LogP contribution < -0.4 is 4.74 Å². The lowest BCUT2D eigenvalue weighted by atomic mass is 10.3. The molecule has 0 aromatic heterocycles. The number of para-hydroxylation sites is 1. The molecule has 0 aliphatic heterocycles. The van der Waals surface area contributed by atoms with Gasteiger partial charge in [-0.05, 0) is 28.1 Å². The molecule has 0 radical (unpaired) electrons. The van der Waals surface area contributed by atoms with Crippen LogP contribution >= 0.6 is 15.9 Å². The van der Waals surface area contributed by atoms with Crippen LogP contribution in [0.1, 0.15) is 0 Å². The zero-order valence-corrected chi connectivity index (χ0v) is 8.09. The third-order valence-electron chi connectivity index (χ3n) is 1.30. The minimum absolute atomic E-state index is 0.0443. The molecule has 1 N–H and O–H groups in total. The molecule has 0 saturated heterocycles. The van der Waals surface area contributed by atoms with E-state index in [4.69, 9.17) is 0 Å². The fourth-order valence-electron chi connectivity index (χ4n) is 0.787. The average Bonchev–Trinajstić information content (AvgIpc) is 2.03. The van der Waals surface area contributed by atoms with E-state index in [1.54, 1.807) is 12.1 Å². The van der Waals surface area contributed by atoms with Gasteiger partial charge in [0, 0.05) is 0 Å². The van der Waals surface area contributed by atoms with E-state index in [9.17, 15) is 13.9 Å². The van der Waals surface area contributed by atoms with Gasteiger partial charge in [0.1, 0.15) is 6.61 Å². The Hall–Kier alpha value is -0.840. The van der Waals surface area contributed by atoms with E-state index >= 15 is 0 Å². The molecule has 0 aliphatic rings. The Labute approximate surface area is 82.3 Å². The Bertz CT molecular complexity index is 271. The Morgan fingerprint density at radius 1 is 1.46 bits per heavy atom. The number of alkyl halides is 2. The summed E-state index contributed by atoms with van der Waals surface area (Å²) in [4.78, 5) is 0. The maximum absolute atomic E-state index is 11.8. The molecule has 1 aromatic rings. The molecule has 0 aliphatic carbocycles. The molecule has 5 heteroatoms. The molecule has 0 fully saturated rings. The molecule has 0 bridgehead atoms. The summed E-state index contributed by atoms with van der Waals surface area (Å²) in [7, 11) is 0. The summed E-state index contributed by atoms with van der Waals surface area (Å²) in [5.41, 5.74) is 0. The topological polar surface area (TPSA) is 29.5 Å². The first-order valence-corrected chi connectivity index (χ1v) is 4.29. The minimum atomic E-state index is -2.55. The number of halogens is 3. The van der Waals surface area contributed by atoms with Gasteiger partial charge in [-0.2, -0.15) is 0 Å². The molecule has 1 rings (SSSR count). The largest absolute Gasteiger partial charge is 0.504 e. The van der Waals surface area contributed by atoms with Crippen molar-refractivity contribution in [1.82, 2.24) is 0 Å². The number of phenolic OH excluding ortho intramolecular Hbond substituents is 1. The van der Waals surface area contributed by atoms with Crippen molar-refractivity contribution in [1.29, 1.82) is 0 Å². The summed E-state index contributed by atoms with van der Waals surface area (Å²) in [5, 5.41) is 9.20. The second-order valence-corrected chi connectivity index (χ2v) is 3.14. The third-order valence-corrected chi connectivity index (χ3v) is 1.92. The van der Waals surface area contributed by atoms with Gasteiger partial charge in [0.15, 0.2) is 11.5 Å². The molecular formula is C8H7BrF2O2. The highest BCUT2D eigenvalue weighted by Gasteiger charge is 2.09. The smallest absolute Gasteiger partial charge is 0.272 e.